The maximum absolute atomic E-state index is 12.1. The van der Waals surface area contributed by atoms with Gasteiger partial charge in [-0.2, -0.15) is 0 Å². The van der Waals surface area contributed by atoms with Crippen LogP contribution in [0.2, 0.25) is 0 Å². The van der Waals surface area contributed by atoms with E-state index in [0.717, 1.165) is 43.2 Å². The Morgan fingerprint density at radius 3 is 2.50 bits per heavy atom. The topological polar surface area (TPSA) is 41.6 Å². The number of nitrogens with zero attached hydrogens (tertiary/aromatic N) is 1. The minimum atomic E-state index is -0.387. The van der Waals surface area contributed by atoms with Gasteiger partial charge in [-0.15, -0.1) is 0 Å². The third-order valence-electron chi connectivity index (χ3n) is 3.53. The molecule has 0 spiro atoms. The molecule has 1 fully saturated rings. The Labute approximate surface area is 121 Å². The number of benzene rings is 1. The molecule has 1 saturated heterocycles. The lowest BCUT2D eigenvalue weighted by Crippen LogP contribution is -2.36. The number of carbonyl (C=O) groups is 1. The van der Waals surface area contributed by atoms with Gasteiger partial charge in [-0.3, -0.25) is 4.79 Å². The Balaban J connectivity index is 2.18. The molecule has 0 atom stereocenters. The minimum absolute atomic E-state index is 0.0414. The number of hydrogen-bond acceptors (Lipinski definition) is 3. The molecule has 1 heterocycles. The Morgan fingerprint density at radius 2 is 1.90 bits per heavy atom. The fourth-order valence-corrected chi connectivity index (χ4v) is 2.07. The zero-order valence-corrected chi connectivity index (χ0v) is 12.8. The highest BCUT2D eigenvalue weighted by Gasteiger charge is 2.22. The molecule has 1 aliphatic rings. The molecule has 110 valence electrons. The van der Waals surface area contributed by atoms with Gasteiger partial charge in [0.15, 0.2) is 0 Å². The summed E-state index contributed by atoms with van der Waals surface area (Å²) >= 11 is 0. The SMILES string of the molecule is Cc1ccc(N2CCOCC2)cc1NC(=O)C(C)(C)C. The third-order valence-corrected chi connectivity index (χ3v) is 3.53. The van der Waals surface area contributed by atoms with E-state index in [9.17, 15) is 4.79 Å². The monoisotopic (exact) mass is 276 g/mol. The van der Waals surface area contributed by atoms with E-state index >= 15 is 0 Å². The summed E-state index contributed by atoms with van der Waals surface area (Å²) in [5.41, 5.74) is 2.73. The number of amides is 1. The molecular formula is C16H24N2O2. The van der Waals surface area contributed by atoms with Gasteiger partial charge in [0.2, 0.25) is 5.91 Å². The molecule has 1 aromatic rings. The molecule has 2 rings (SSSR count). The number of carbonyl (C=O) groups excluding carboxylic acids is 1. The van der Waals surface area contributed by atoms with Crippen molar-refractivity contribution < 1.29 is 9.53 Å². The van der Waals surface area contributed by atoms with Crippen molar-refractivity contribution in [2.24, 2.45) is 5.41 Å². The van der Waals surface area contributed by atoms with Crippen molar-refractivity contribution in [1.29, 1.82) is 0 Å². The van der Waals surface area contributed by atoms with Crippen molar-refractivity contribution in [2.45, 2.75) is 27.7 Å². The molecule has 0 bridgehead atoms. The average molecular weight is 276 g/mol. The van der Waals surface area contributed by atoms with Crippen LogP contribution in [-0.4, -0.2) is 32.2 Å². The lowest BCUT2D eigenvalue weighted by molar-refractivity contribution is -0.123. The quantitative estimate of drug-likeness (QED) is 0.903. The molecule has 1 amide bonds. The second kappa shape index (κ2) is 5.83. The Hall–Kier alpha value is -1.55. The molecule has 4 nitrogen and oxygen atoms in total. The van der Waals surface area contributed by atoms with Crippen molar-refractivity contribution in [3.8, 4) is 0 Å². The van der Waals surface area contributed by atoms with Crippen molar-refractivity contribution in [1.82, 2.24) is 0 Å². The molecule has 0 saturated carbocycles. The van der Waals surface area contributed by atoms with E-state index in [1.54, 1.807) is 0 Å². The van der Waals surface area contributed by atoms with Crippen LogP contribution in [0.5, 0.6) is 0 Å². The Morgan fingerprint density at radius 1 is 1.25 bits per heavy atom. The normalized spacial score (nSPS) is 16.1. The van der Waals surface area contributed by atoms with E-state index < -0.39 is 0 Å². The number of ether oxygens (including phenoxy) is 1. The van der Waals surface area contributed by atoms with Crippen LogP contribution in [0.25, 0.3) is 0 Å². The molecular weight excluding hydrogens is 252 g/mol. The predicted molar refractivity (Wildman–Crippen MR) is 82.3 cm³/mol. The second-order valence-electron chi connectivity index (χ2n) is 6.30. The van der Waals surface area contributed by atoms with Crippen LogP contribution in [-0.2, 0) is 9.53 Å². The summed E-state index contributed by atoms with van der Waals surface area (Å²) in [5.74, 6) is 0.0414. The fraction of sp³-hybridized carbons (Fsp3) is 0.562. The highest BCUT2D eigenvalue weighted by molar-refractivity contribution is 5.95. The first-order valence-electron chi connectivity index (χ1n) is 7.13. The summed E-state index contributed by atoms with van der Waals surface area (Å²) in [6.45, 7) is 11.1. The molecule has 20 heavy (non-hydrogen) atoms. The van der Waals surface area contributed by atoms with Crippen LogP contribution in [0.15, 0.2) is 18.2 Å². The summed E-state index contributed by atoms with van der Waals surface area (Å²) in [4.78, 5) is 14.4. The lowest BCUT2D eigenvalue weighted by atomic mass is 9.95. The van der Waals surface area contributed by atoms with Gasteiger partial charge in [0.25, 0.3) is 0 Å². The van der Waals surface area contributed by atoms with E-state index in [4.69, 9.17) is 4.74 Å². The van der Waals surface area contributed by atoms with Crippen LogP contribution in [0.4, 0.5) is 11.4 Å². The van der Waals surface area contributed by atoms with Gasteiger partial charge >= 0.3 is 0 Å². The van der Waals surface area contributed by atoms with Crippen LogP contribution >= 0.6 is 0 Å². The van der Waals surface area contributed by atoms with E-state index in [-0.39, 0.29) is 11.3 Å². The maximum atomic E-state index is 12.1. The van der Waals surface area contributed by atoms with Crippen LogP contribution in [0, 0.1) is 12.3 Å². The molecule has 1 aliphatic heterocycles. The first-order valence-corrected chi connectivity index (χ1v) is 7.13. The lowest BCUT2D eigenvalue weighted by Gasteiger charge is -2.29. The highest BCUT2D eigenvalue weighted by Crippen LogP contribution is 2.26. The van der Waals surface area contributed by atoms with Crippen LogP contribution < -0.4 is 10.2 Å². The van der Waals surface area contributed by atoms with Gasteiger partial charge in [0.05, 0.1) is 13.2 Å². The standard InChI is InChI=1S/C16H24N2O2/c1-12-5-6-13(18-7-9-20-10-8-18)11-14(12)17-15(19)16(2,3)4/h5-6,11H,7-10H2,1-4H3,(H,17,19). The molecule has 0 aliphatic carbocycles. The maximum Gasteiger partial charge on any atom is 0.229 e. The summed E-state index contributed by atoms with van der Waals surface area (Å²) in [5, 5.41) is 3.03. The number of anilines is 2. The zero-order chi connectivity index (χ0) is 14.8. The number of rotatable bonds is 2. The van der Waals surface area contributed by atoms with Gasteiger partial charge in [-0.1, -0.05) is 26.8 Å². The molecule has 0 unspecified atom stereocenters. The highest BCUT2D eigenvalue weighted by atomic mass is 16.5. The fourth-order valence-electron chi connectivity index (χ4n) is 2.07. The second-order valence-corrected chi connectivity index (χ2v) is 6.30. The molecule has 4 heteroatoms. The first kappa shape index (κ1) is 14.9. The van der Waals surface area contributed by atoms with Crippen LogP contribution in [0.3, 0.4) is 0 Å². The minimum Gasteiger partial charge on any atom is -0.378 e. The number of morpholine rings is 1. The summed E-state index contributed by atoms with van der Waals surface area (Å²) in [6, 6.07) is 6.22. The summed E-state index contributed by atoms with van der Waals surface area (Å²) in [6.07, 6.45) is 0. The first-order chi connectivity index (χ1) is 9.38. The van der Waals surface area contributed by atoms with Gasteiger partial charge in [0, 0.05) is 29.9 Å². The molecule has 0 radical (unpaired) electrons. The van der Waals surface area contributed by atoms with Crippen molar-refractivity contribution in [3.05, 3.63) is 23.8 Å². The number of hydrogen-bond donors (Lipinski definition) is 1. The van der Waals surface area contributed by atoms with Crippen LogP contribution in [0.1, 0.15) is 26.3 Å². The van der Waals surface area contributed by atoms with Gasteiger partial charge in [0.1, 0.15) is 0 Å². The average Bonchev–Trinajstić information content (AvgIpc) is 2.41. The Bertz CT molecular complexity index is 486. The third kappa shape index (κ3) is 3.51. The van der Waals surface area contributed by atoms with E-state index in [1.807, 2.05) is 27.7 Å². The zero-order valence-electron chi connectivity index (χ0n) is 12.8. The number of nitrogens with one attached hydrogen (secondary N) is 1. The van der Waals surface area contributed by atoms with Gasteiger partial charge < -0.3 is 15.0 Å². The summed E-state index contributed by atoms with van der Waals surface area (Å²) < 4.78 is 5.37. The predicted octanol–water partition coefficient (Wildman–Crippen LogP) is 2.82. The van der Waals surface area contributed by atoms with Gasteiger partial charge in [-0.25, -0.2) is 0 Å². The van der Waals surface area contributed by atoms with Gasteiger partial charge in [-0.05, 0) is 24.6 Å². The molecule has 1 aromatic carbocycles. The smallest absolute Gasteiger partial charge is 0.229 e. The van der Waals surface area contributed by atoms with E-state index in [1.165, 1.54) is 0 Å². The van der Waals surface area contributed by atoms with Crippen molar-refractivity contribution >= 4 is 17.3 Å². The molecule has 0 aromatic heterocycles. The van der Waals surface area contributed by atoms with Crippen molar-refractivity contribution in [2.75, 3.05) is 36.5 Å². The number of aryl methyl sites for hydroxylation is 1. The van der Waals surface area contributed by atoms with Crippen molar-refractivity contribution in [3.63, 3.8) is 0 Å². The summed E-state index contributed by atoms with van der Waals surface area (Å²) in [7, 11) is 0. The largest absolute Gasteiger partial charge is 0.378 e. The Kier molecular flexibility index (Phi) is 4.33. The van der Waals surface area contributed by atoms with E-state index in [2.05, 4.69) is 28.4 Å². The van der Waals surface area contributed by atoms with E-state index in [0.29, 0.717) is 0 Å². The molecule has 1 N–H and O–H groups in total.